The van der Waals surface area contributed by atoms with Gasteiger partial charge in [-0.15, -0.1) is 0 Å². The third kappa shape index (κ3) is 5.35. The minimum absolute atomic E-state index is 0. The van der Waals surface area contributed by atoms with Gasteiger partial charge in [-0.3, -0.25) is 0 Å². The van der Waals surface area contributed by atoms with E-state index in [2.05, 4.69) is 14.6 Å². The molecule has 0 heterocycles. The molecule has 0 unspecified atom stereocenters. The topological polar surface area (TPSA) is 27.7 Å². The summed E-state index contributed by atoms with van der Waals surface area (Å²) in [6.07, 6.45) is 0. The summed E-state index contributed by atoms with van der Waals surface area (Å²) in [5, 5.41) is 0. The van der Waals surface area contributed by atoms with Gasteiger partial charge in [-0.1, -0.05) is 13.6 Å². The molecule has 0 radical (unpaired) electrons. The summed E-state index contributed by atoms with van der Waals surface area (Å²) in [7, 11) is -2.51. The van der Waals surface area contributed by atoms with Gasteiger partial charge in [-0.05, 0) is 0 Å². The van der Waals surface area contributed by atoms with Gasteiger partial charge in [-0.2, -0.15) is 14.6 Å². The molecule has 0 amide bonds. The van der Waals surface area contributed by atoms with Crippen LogP contribution in [0.25, 0.3) is 0 Å². The Bertz CT molecular complexity index is 36.0. The van der Waals surface area contributed by atoms with Crippen LogP contribution in [0.1, 0.15) is 0 Å². The molecule has 0 spiro atoms. The van der Waals surface area contributed by atoms with E-state index >= 15 is 0 Å². The van der Waals surface area contributed by atoms with Gasteiger partial charge in [-0.25, -0.2) is 0 Å². The predicted octanol–water partition coefficient (Wildman–Crippen LogP) is -0.242. The molecule has 0 rings (SSSR count). The molecule has 3 nitrogen and oxygen atoms in total. The summed E-state index contributed by atoms with van der Waals surface area (Å²) in [5.74, 6) is 0. The Kier molecular flexibility index (Phi) is 12.3. The van der Waals surface area contributed by atoms with Crippen molar-refractivity contribution >= 4 is 52.8 Å². The fourth-order valence-corrected chi connectivity index (χ4v) is 0.0412. The normalized spacial score (nSPS) is 7.88. The van der Waals surface area contributed by atoms with Gasteiger partial charge in [0, 0.05) is 0 Å². The molecule has 0 aliphatic heterocycles. The zero-order valence-electron chi connectivity index (χ0n) is 2.94. The van der Waals surface area contributed by atoms with Crippen molar-refractivity contribution in [3.8, 4) is 0 Å². The van der Waals surface area contributed by atoms with Crippen molar-refractivity contribution in [1.82, 2.24) is 0 Å². The van der Waals surface area contributed by atoms with Crippen molar-refractivity contribution in [2.24, 2.45) is 0 Å². The Balaban J connectivity index is 0. The van der Waals surface area contributed by atoms with Crippen molar-refractivity contribution in [2.75, 3.05) is 0 Å². The van der Waals surface area contributed by atoms with Crippen molar-refractivity contribution < 1.29 is 28.2 Å². The first-order valence-corrected chi connectivity index (χ1v) is 1.17. The first-order valence-electron chi connectivity index (χ1n) is 1.17. The molecule has 0 atom stereocenters. The molecule has 0 aromatic rings. The van der Waals surface area contributed by atoms with Crippen LogP contribution in [0.5, 0.6) is 0 Å². The Morgan fingerprint density at radius 1 is 0.875 bits per heavy atom. The first-order chi connectivity index (χ1) is 3.35. The van der Waals surface area contributed by atoms with Crippen LogP contribution in [0.15, 0.2) is 0 Å². The summed E-state index contributed by atoms with van der Waals surface area (Å²) >= 11 is 0. The maximum absolute atomic E-state index is 10.4. The molecule has 8 heavy (non-hydrogen) atoms. The Morgan fingerprint density at radius 2 is 1.12 bits per heavy atom. The van der Waals surface area contributed by atoms with Gasteiger partial charge in [0.15, 0.2) is 0 Å². The van der Waals surface area contributed by atoms with Crippen LogP contribution in [-0.4, -0.2) is 52.8 Å². The van der Waals surface area contributed by atoms with Crippen LogP contribution in [0.4, 0.5) is 13.6 Å². The quantitative estimate of drug-likeness (QED) is 0.595. The standard InChI is InChI=1S/BF3O3.Sr.2H/c2-5-1(6-3)7-4;;;. The fraction of sp³-hybridized carbons (Fsp3) is 0. The van der Waals surface area contributed by atoms with Crippen LogP contribution in [-0.2, 0) is 14.6 Å². The molecule has 0 saturated heterocycles. The number of hydrogen-bond donors (Lipinski definition) is 0. The molecule has 8 heteroatoms. The zero-order valence-corrected chi connectivity index (χ0v) is 2.94. The molecule has 0 aliphatic carbocycles. The molecule has 0 fully saturated rings. The van der Waals surface area contributed by atoms with Crippen LogP contribution in [0.3, 0.4) is 0 Å². The monoisotopic (exact) mass is 206 g/mol. The Labute approximate surface area is 80.2 Å². The summed E-state index contributed by atoms with van der Waals surface area (Å²) < 4.78 is 31.3. The van der Waals surface area contributed by atoms with Gasteiger partial charge < -0.3 is 0 Å². The average molecular weight is 205 g/mol. The van der Waals surface area contributed by atoms with E-state index in [9.17, 15) is 13.6 Å². The molecule has 0 bridgehead atoms. The minimum atomic E-state index is -2.51. The molecule has 0 aromatic carbocycles. The summed E-state index contributed by atoms with van der Waals surface area (Å²) in [6.45, 7) is 0. The molecule has 0 saturated carbocycles. The van der Waals surface area contributed by atoms with E-state index in [1.54, 1.807) is 0 Å². The van der Waals surface area contributed by atoms with Gasteiger partial charge in [0.2, 0.25) is 0 Å². The van der Waals surface area contributed by atoms with E-state index in [4.69, 9.17) is 0 Å². The second-order valence-electron chi connectivity index (χ2n) is 0.556. The van der Waals surface area contributed by atoms with E-state index in [-0.39, 0.29) is 45.5 Å². The number of halogens is 3. The van der Waals surface area contributed by atoms with E-state index in [1.807, 2.05) is 0 Å². The number of hydrogen-bond acceptors (Lipinski definition) is 3. The molecular formula is H2BF3O3Sr. The molecule has 0 aromatic heterocycles. The average Bonchev–Trinajstić information content (AvgIpc) is 1.72. The predicted molar refractivity (Wildman–Crippen MR) is 20.9 cm³/mol. The van der Waals surface area contributed by atoms with Crippen molar-refractivity contribution in [1.29, 1.82) is 0 Å². The third-order valence-electron chi connectivity index (χ3n) is 0.218. The van der Waals surface area contributed by atoms with Crippen molar-refractivity contribution in [3.63, 3.8) is 0 Å². The second kappa shape index (κ2) is 8.22. The third-order valence-corrected chi connectivity index (χ3v) is 0.218. The van der Waals surface area contributed by atoms with Crippen molar-refractivity contribution in [2.45, 2.75) is 0 Å². The SMILES string of the molecule is FOB(OF)OF.[SrH2]. The van der Waals surface area contributed by atoms with E-state index < -0.39 is 7.32 Å². The molecule has 46 valence electrons. The summed E-state index contributed by atoms with van der Waals surface area (Å²) in [5.41, 5.74) is 0. The molecule has 0 aliphatic rings. The van der Waals surface area contributed by atoms with Gasteiger partial charge in [0.1, 0.15) is 0 Å². The van der Waals surface area contributed by atoms with Crippen LogP contribution in [0.2, 0.25) is 0 Å². The van der Waals surface area contributed by atoms with Gasteiger partial charge in [0.05, 0.1) is 0 Å². The fourth-order valence-electron chi connectivity index (χ4n) is 0.0412. The zero-order chi connectivity index (χ0) is 5.70. The van der Waals surface area contributed by atoms with Gasteiger partial charge in [0.25, 0.3) is 0 Å². The van der Waals surface area contributed by atoms with Gasteiger partial charge >= 0.3 is 52.8 Å². The van der Waals surface area contributed by atoms with E-state index in [1.165, 1.54) is 0 Å². The maximum atomic E-state index is 10.4. The summed E-state index contributed by atoms with van der Waals surface area (Å²) in [4.78, 5) is 7.06. The molecule has 0 N–H and O–H groups in total. The van der Waals surface area contributed by atoms with Crippen molar-refractivity contribution in [3.05, 3.63) is 0 Å². The number of rotatable bonds is 3. The Hall–Kier alpha value is 1.22. The molecular weight excluding hydrogens is 203 g/mol. The summed E-state index contributed by atoms with van der Waals surface area (Å²) in [6, 6.07) is 0. The van der Waals surface area contributed by atoms with Crippen LogP contribution < -0.4 is 0 Å². The van der Waals surface area contributed by atoms with Crippen LogP contribution >= 0.6 is 0 Å². The second-order valence-corrected chi connectivity index (χ2v) is 0.556. The van der Waals surface area contributed by atoms with E-state index in [0.717, 1.165) is 0 Å². The Morgan fingerprint density at radius 3 is 1.12 bits per heavy atom. The van der Waals surface area contributed by atoms with E-state index in [0.29, 0.717) is 0 Å². The van der Waals surface area contributed by atoms with Crippen LogP contribution in [0, 0.1) is 0 Å². The first kappa shape index (κ1) is 11.9.